The molecule has 2 N–H and O–H groups in total. The zero-order valence-corrected chi connectivity index (χ0v) is 19.0. The lowest BCUT2D eigenvalue weighted by atomic mass is 10.2. The second-order valence-corrected chi connectivity index (χ2v) is 7.86. The van der Waals surface area contributed by atoms with Gasteiger partial charge in [-0.05, 0) is 35.4 Å². The van der Waals surface area contributed by atoms with Crippen LogP contribution in [0.5, 0.6) is 23.0 Å². The van der Waals surface area contributed by atoms with E-state index in [1.807, 2.05) is 24.3 Å². The number of para-hydroxylation sites is 4. The molecule has 0 bridgehead atoms. The van der Waals surface area contributed by atoms with E-state index in [0.29, 0.717) is 23.0 Å². The molecular weight excluding hydrogens is 464 g/mol. The van der Waals surface area contributed by atoms with Crippen molar-refractivity contribution in [2.45, 2.75) is 12.2 Å². The molecule has 2 aliphatic rings. The average molecular weight is 486 g/mol. The highest BCUT2D eigenvalue weighted by Crippen LogP contribution is 2.31. The van der Waals surface area contributed by atoms with Crippen LogP contribution in [0.2, 0.25) is 0 Å². The first kappa shape index (κ1) is 22.9. The zero-order chi connectivity index (χ0) is 24.7. The van der Waals surface area contributed by atoms with Gasteiger partial charge in [0.1, 0.15) is 13.2 Å². The Morgan fingerprint density at radius 1 is 0.639 bits per heavy atom. The summed E-state index contributed by atoms with van der Waals surface area (Å²) in [6, 6.07) is 21.5. The summed E-state index contributed by atoms with van der Waals surface area (Å²) in [6.07, 6.45) is 1.45. The lowest BCUT2D eigenvalue weighted by Gasteiger charge is -2.24. The maximum atomic E-state index is 12.3. The standard InChI is InChI=1S/C26H22N4O6/c31-25(23-15-33-19-5-1-3-7-21(19)35-23)29-27-13-17-9-11-18(12-10-17)14-28-30-26(32)24-16-34-20-6-2-4-8-22(20)36-24/h1-14,23-24H,15-16H2,(H,29,31)(H,30,32)/b27-13-,28-14-/t23-,24-/m0/s1. The summed E-state index contributed by atoms with van der Waals surface area (Å²) in [5.74, 6) is 1.44. The lowest BCUT2D eigenvalue weighted by Crippen LogP contribution is -2.42. The number of benzene rings is 3. The molecule has 10 heteroatoms. The molecule has 2 heterocycles. The van der Waals surface area contributed by atoms with Crippen LogP contribution in [0.1, 0.15) is 11.1 Å². The Bertz CT molecular complexity index is 1210. The zero-order valence-electron chi connectivity index (χ0n) is 19.0. The number of nitrogens with zero attached hydrogens (tertiary/aromatic N) is 2. The van der Waals surface area contributed by atoms with Crippen molar-refractivity contribution in [1.82, 2.24) is 10.9 Å². The van der Waals surface area contributed by atoms with Gasteiger partial charge in [0.05, 0.1) is 12.4 Å². The van der Waals surface area contributed by atoms with Crippen LogP contribution >= 0.6 is 0 Å². The van der Waals surface area contributed by atoms with Crippen LogP contribution in [-0.2, 0) is 9.59 Å². The molecule has 0 spiro atoms. The molecule has 182 valence electrons. The fourth-order valence-corrected chi connectivity index (χ4v) is 3.45. The van der Waals surface area contributed by atoms with E-state index in [-0.39, 0.29) is 13.2 Å². The average Bonchev–Trinajstić information content (AvgIpc) is 2.93. The number of hydrogen-bond acceptors (Lipinski definition) is 8. The summed E-state index contributed by atoms with van der Waals surface area (Å²) in [5.41, 5.74) is 6.44. The number of amides is 2. The Morgan fingerprint density at radius 2 is 1.03 bits per heavy atom. The highest BCUT2D eigenvalue weighted by atomic mass is 16.6. The Kier molecular flexibility index (Phi) is 6.74. The van der Waals surface area contributed by atoms with Crippen molar-refractivity contribution >= 4 is 24.2 Å². The van der Waals surface area contributed by atoms with Gasteiger partial charge in [0.2, 0.25) is 12.2 Å². The maximum Gasteiger partial charge on any atom is 0.284 e. The van der Waals surface area contributed by atoms with E-state index in [0.717, 1.165) is 11.1 Å². The summed E-state index contributed by atoms with van der Waals surface area (Å²) >= 11 is 0. The van der Waals surface area contributed by atoms with Gasteiger partial charge in [-0.1, -0.05) is 48.5 Å². The van der Waals surface area contributed by atoms with Crippen LogP contribution < -0.4 is 29.8 Å². The van der Waals surface area contributed by atoms with Crippen LogP contribution in [-0.4, -0.2) is 49.7 Å². The smallest absolute Gasteiger partial charge is 0.284 e. The number of rotatable bonds is 6. The van der Waals surface area contributed by atoms with Gasteiger partial charge >= 0.3 is 0 Å². The van der Waals surface area contributed by atoms with E-state index in [1.54, 1.807) is 48.5 Å². The molecular formula is C26H22N4O6. The summed E-state index contributed by atoms with van der Waals surface area (Å²) in [7, 11) is 0. The van der Waals surface area contributed by atoms with E-state index >= 15 is 0 Å². The fourth-order valence-electron chi connectivity index (χ4n) is 3.45. The predicted molar refractivity (Wildman–Crippen MR) is 131 cm³/mol. The first-order valence-corrected chi connectivity index (χ1v) is 11.2. The lowest BCUT2D eigenvalue weighted by molar-refractivity contribution is -0.131. The summed E-state index contributed by atoms with van der Waals surface area (Å²) in [4.78, 5) is 24.6. The maximum absolute atomic E-state index is 12.3. The van der Waals surface area contributed by atoms with Crippen molar-refractivity contribution in [3.63, 3.8) is 0 Å². The summed E-state index contributed by atoms with van der Waals surface area (Å²) in [5, 5.41) is 7.96. The fraction of sp³-hybridized carbons (Fsp3) is 0.154. The van der Waals surface area contributed by atoms with Gasteiger partial charge in [0.15, 0.2) is 23.0 Å². The van der Waals surface area contributed by atoms with Crippen LogP contribution in [0.4, 0.5) is 0 Å². The van der Waals surface area contributed by atoms with Crippen LogP contribution in [0.15, 0.2) is 83.0 Å². The van der Waals surface area contributed by atoms with Gasteiger partial charge < -0.3 is 18.9 Å². The number of fused-ring (bicyclic) bond motifs is 2. The van der Waals surface area contributed by atoms with Crippen molar-refractivity contribution in [1.29, 1.82) is 0 Å². The minimum absolute atomic E-state index is 0.107. The van der Waals surface area contributed by atoms with E-state index in [1.165, 1.54) is 12.4 Å². The molecule has 0 aliphatic carbocycles. The van der Waals surface area contributed by atoms with Gasteiger partial charge in [-0.15, -0.1) is 0 Å². The summed E-state index contributed by atoms with van der Waals surface area (Å²) in [6.45, 7) is 0.215. The molecule has 0 unspecified atom stereocenters. The molecule has 0 radical (unpaired) electrons. The highest BCUT2D eigenvalue weighted by Gasteiger charge is 2.28. The van der Waals surface area contributed by atoms with Gasteiger partial charge in [-0.3, -0.25) is 9.59 Å². The number of ether oxygens (including phenoxy) is 4. The first-order valence-electron chi connectivity index (χ1n) is 11.2. The molecule has 2 amide bonds. The van der Waals surface area contributed by atoms with Crippen molar-refractivity contribution in [2.24, 2.45) is 10.2 Å². The van der Waals surface area contributed by atoms with Crippen molar-refractivity contribution in [3.05, 3.63) is 83.9 Å². The Balaban J connectivity index is 1.08. The Morgan fingerprint density at radius 3 is 1.44 bits per heavy atom. The van der Waals surface area contributed by atoms with Gasteiger partial charge in [-0.25, -0.2) is 10.9 Å². The van der Waals surface area contributed by atoms with E-state index in [4.69, 9.17) is 18.9 Å². The molecule has 0 saturated heterocycles. The molecule has 3 aromatic rings. The molecule has 2 aliphatic heterocycles. The van der Waals surface area contributed by atoms with Gasteiger partial charge in [-0.2, -0.15) is 10.2 Å². The topological polar surface area (TPSA) is 120 Å². The molecule has 10 nitrogen and oxygen atoms in total. The molecule has 0 fully saturated rings. The van der Waals surface area contributed by atoms with E-state index in [2.05, 4.69) is 21.1 Å². The Hall–Kier alpha value is -4.86. The van der Waals surface area contributed by atoms with Crippen LogP contribution in [0, 0.1) is 0 Å². The van der Waals surface area contributed by atoms with Crippen LogP contribution in [0.3, 0.4) is 0 Å². The SMILES string of the molecule is O=C(N/N=C\c1ccc(/C=N\NC(=O)[C@@H]2COc3ccccc3O2)cc1)[C@@H]1COc2ccccc2O1. The quantitative estimate of drug-likeness (QED) is 0.408. The molecule has 0 saturated carbocycles. The number of hydrogen-bond donors (Lipinski definition) is 2. The highest BCUT2D eigenvalue weighted by molar-refractivity contribution is 5.87. The Labute approximate surface area is 206 Å². The monoisotopic (exact) mass is 486 g/mol. The molecule has 5 rings (SSSR count). The number of nitrogens with one attached hydrogen (secondary N) is 2. The number of carbonyl (C=O) groups excluding carboxylic acids is 2. The third-order valence-corrected chi connectivity index (χ3v) is 5.32. The van der Waals surface area contributed by atoms with Gasteiger partial charge in [0.25, 0.3) is 11.8 Å². The molecule has 0 aromatic heterocycles. The van der Waals surface area contributed by atoms with Gasteiger partial charge in [0, 0.05) is 0 Å². The minimum Gasteiger partial charge on any atom is -0.485 e. The normalized spacial score (nSPS) is 18.1. The third-order valence-electron chi connectivity index (χ3n) is 5.32. The predicted octanol–water partition coefficient (Wildman–Crippen LogP) is 2.27. The second-order valence-electron chi connectivity index (χ2n) is 7.86. The molecule has 36 heavy (non-hydrogen) atoms. The van der Waals surface area contributed by atoms with E-state index in [9.17, 15) is 9.59 Å². The molecule has 2 atom stereocenters. The minimum atomic E-state index is -0.786. The molecule has 3 aromatic carbocycles. The second kappa shape index (κ2) is 10.6. The van der Waals surface area contributed by atoms with Crippen molar-refractivity contribution in [3.8, 4) is 23.0 Å². The third kappa shape index (κ3) is 5.44. The van der Waals surface area contributed by atoms with Crippen LogP contribution in [0.25, 0.3) is 0 Å². The number of hydrazone groups is 2. The van der Waals surface area contributed by atoms with Crippen molar-refractivity contribution in [2.75, 3.05) is 13.2 Å². The number of carbonyl (C=O) groups is 2. The largest absolute Gasteiger partial charge is 0.485 e. The van der Waals surface area contributed by atoms with Crippen molar-refractivity contribution < 1.29 is 28.5 Å². The summed E-state index contributed by atoms with van der Waals surface area (Å²) < 4.78 is 22.4. The van der Waals surface area contributed by atoms with E-state index < -0.39 is 24.0 Å². The first-order chi connectivity index (χ1) is 17.7.